The molecule has 19 heavy (non-hydrogen) atoms. The Bertz CT molecular complexity index is 543. The van der Waals surface area contributed by atoms with Crippen LogP contribution < -0.4 is 0 Å². The zero-order valence-corrected chi connectivity index (χ0v) is 10.3. The van der Waals surface area contributed by atoms with Gasteiger partial charge >= 0.3 is 18.1 Å². The van der Waals surface area contributed by atoms with E-state index in [0.29, 0.717) is 4.90 Å². The van der Waals surface area contributed by atoms with Crippen LogP contribution in [0, 0.1) is 11.3 Å². The number of hydrogen-bond donors (Lipinski definition) is 1. The second kappa shape index (κ2) is 3.84. The van der Waals surface area contributed by atoms with E-state index in [4.69, 9.17) is 5.11 Å². The molecule has 2 rings (SSSR count). The fraction of sp³-hybridized carbons (Fsp3) is 0.778. The van der Waals surface area contributed by atoms with E-state index in [-0.39, 0.29) is 0 Å². The maximum absolute atomic E-state index is 12.3. The van der Waals surface area contributed by atoms with Gasteiger partial charge in [0.15, 0.2) is 9.84 Å². The number of aliphatic carboxylic acids is 1. The first-order chi connectivity index (χ1) is 8.48. The number of carbonyl (C=O) groups excluding carboxylic acids is 1. The van der Waals surface area contributed by atoms with Crippen LogP contribution in [0.5, 0.6) is 0 Å². The molecule has 2 fully saturated rings. The summed E-state index contributed by atoms with van der Waals surface area (Å²) in [6, 6.07) is 0. The third-order valence-corrected chi connectivity index (χ3v) is 5.45. The maximum Gasteiger partial charge on any atom is 0.471 e. The van der Waals surface area contributed by atoms with Crippen molar-refractivity contribution in [3.05, 3.63) is 0 Å². The molecular formula is C9H10F3NO5S. The quantitative estimate of drug-likeness (QED) is 0.705. The number of amides is 1. The number of sulfone groups is 1. The summed E-state index contributed by atoms with van der Waals surface area (Å²) in [5.74, 6) is -5.81. The van der Waals surface area contributed by atoms with Crippen LogP contribution in [0.3, 0.4) is 0 Å². The standard InChI is InChI=1S/C9H10F3NO5S/c10-9(11,12)6(14)13-1-5-2-19(17,18)4-8(5,3-13)7(15)16/h5H,1-4H2,(H,15,16)/t5-,8-/m0/s1. The minimum atomic E-state index is -5.09. The summed E-state index contributed by atoms with van der Waals surface area (Å²) in [6.45, 7) is -1.21. The number of carboxylic acids is 1. The average Bonchev–Trinajstić information content (AvgIpc) is 2.65. The lowest BCUT2D eigenvalue weighted by atomic mass is 9.81. The van der Waals surface area contributed by atoms with Gasteiger partial charge in [-0.3, -0.25) is 9.59 Å². The van der Waals surface area contributed by atoms with Gasteiger partial charge in [0.2, 0.25) is 0 Å². The number of rotatable bonds is 1. The normalized spacial score (nSPS) is 33.2. The first-order valence-electron chi connectivity index (χ1n) is 5.28. The van der Waals surface area contributed by atoms with Crippen LogP contribution in [-0.2, 0) is 19.4 Å². The van der Waals surface area contributed by atoms with Crippen molar-refractivity contribution in [3.8, 4) is 0 Å². The predicted molar refractivity (Wildman–Crippen MR) is 54.8 cm³/mol. The Morgan fingerprint density at radius 3 is 2.32 bits per heavy atom. The van der Waals surface area contributed by atoms with Gasteiger partial charge in [0, 0.05) is 19.0 Å². The molecule has 0 bridgehead atoms. The Hall–Kier alpha value is -1.32. The molecule has 108 valence electrons. The molecule has 2 aliphatic rings. The fourth-order valence-corrected chi connectivity index (χ4v) is 5.14. The lowest BCUT2D eigenvalue weighted by Gasteiger charge is -2.22. The first-order valence-corrected chi connectivity index (χ1v) is 7.10. The third kappa shape index (κ3) is 2.17. The number of alkyl halides is 3. The molecule has 2 aliphatic heterocycles. The van der Waals surface area contributed by atoms with Crippen molar-refractivity contribution in [2.75, 3.05) is 24.6 Å². The van der Waals surface area contributed by atoms with Crippen LogP contribution in [0.2, 0.25) is 0 Å². The number of carbonyl (C=O) groups is 2. The van der Waals surface area contributed by atoms with E-state index >= 15 is 0 Å². The summed E-state index contributed by atoms with van der Waals surface area (Å²) in [7, 11) is -3.59. The number of nitrogens with zero attached hydrogens (tertiary/aromatic N) is 1. The Balaban J connectivity index is 2.30. The highest BCUT2D eigenvalue weighted by atomic mass is 32.2. The molecule has 1 amide bonds. The molecule has 0 unspecified atom stereocenters. The molecule has 0 spiro atoms. The topological polar surface area (TPSA) is 91.8 Å². The van der Waals surface area contributed by atoms with E-state index in [1.807, 2.05) is 0 Å². The Kier molecular flexibility index (Phi) is 2.85. The minimum Gasteiger partial charge on any atom is -0.481 e. The highest BCUT2D eigenvalue weighted by molar-refractivity contribution is 7.91. The predicted octanol–water partition coefficient (Wildman–Crippen LogP) is -0.494. The zero-order valence-electron chi connectivity index (χ0n) is 9.48. The number of hydrogen-bond acceptors (Lipinski definition) is 4. The molecule has 10 heteroatoms. The van der Waals surface area contributed by atoms with Crippen LogP contribution in [0.25, 0.3) is 0 Å². The van der Waals surface area contributed by atoms with Gasteiger partial charge in [0.1, 0.15) is 5.41 Å². The molecular weight excluding hydrogens is 291 g/mol. The molecule has 2 atom stereocenters. The van der Waals surface area contributed by atoms with Crippen LogP contribution in [0.1, 0.15) is 0 Å². The largest absolute Gasteiger partial charge is 0.481 e. The lowest BCUT2D eigenvalue weighted by molar-refractivity contribution is -0.184. The highest BCUT2D eigenvalue weighted by Crippen LogP contribution is 2.45. The van der Waals surface area contributed by atoms with E-state index in [2.05, 4.69) is 0 Å². The van der Waals surface area contributed by atoms with Gasteiger partial charge in [0.05, 0.1) is 11.5 Å². The van der Waals surface area contributed by atoms with Crippen molar-refractivity contribution < 1.29 is 36.3 Å². The Morgan fingerprint density at radius 2 is 1.89 bits per heavy atom. The summed E-state index contributed by atoms with van der Waals surface area (Å²) < 4.78 is 59.8. The molecule has 0 aromatic carbocycles. The molecule has 0 saturated carbocycles. The molecule has 0 aromatic heterocycles. The van der Waals surface area contributed by atoms with Crippen molar-refractivity contribution in [1.82, 2.24) is 4.90 Å². The second-order valence-corrected chi connectivity index (χ2v) is 7.01. The van der Waals surface area contributed by atoms with Crippen molar-refractivity contribution in [2.45, 2.75) is 6.18 Å². The van der Waals surface area contributed by atoms with Crippen LogP contribution >= 0.6 is 0 Å². The summed E-state index contributed by atoms with van der Waals surface area (Å²) in [4.78, 5) is 22.7. The summed E-state index contributed by atoms with van der Waals surface area (Å²) in [5.41, 5.74) is -1.81. The van der Waals surface area contributed by atoms with Crippen molar-refractivity contribution in [2.24, 2.45) is 11.3 Å². The summed E-state index contributed by atoms with van der Waals surface area (Å²) in [5, 5.41) is 9.13. The maximum atomic E-state index is 12.3. The van der Waals surface area contributed by atoms with Gasteiger partial charge in [-0.1, -0.05) is 0 Å². The molecule has 0 aromatic rings. The Morgan fingerprint density at radius 1 is 1.32 bits per heavy atom. The average molecular weight is 301 g/mol. The van der Waals surface area contributed by atoms with Gasteiger partial charge in [-0.2, -0.15) is 13.2 Å². The van der Waals surface area contributed by atoms with Gasteiger partial charge in [-0.15, -0.1) is 0 Å². The zero-order chi connectivity index (χ0) is 14.6. The van der Waals surface area contributed by atoms with Crippen LogP contribution in [-0.4, -0.2) is 61.1 Å². The molecule has 6 nitrogen and oxygen atoms in total. The minimum absolute atomic E-state index is 0.382. The number of halogens is 3. The van der Waals surface area contributed by atoms with Crippen molar-refractivity contribution in [3.63, 3.8) is 0 Å². The van der Waals surface area contributed by atoms with Crippen molar-refractivity contribution in [1.29, 1.82) is 0 Å². The van der Waals surface area contributed by atoms with Gasteiger partial charge in [-0.05, 0) is 0 Å². The molecule has 1 N–H and O–H groups in total. The second-order valence-electron chi connectivity index (χ2n) is 4.90. The van der Waals surface area contributed by atoms with Gasteiger partial charge in [-0.25, -0.2) is 8.42 Å². The number of likely N-dealkylation sites (tertiary alicyclic amines) is 1. The molecule has 2 heterocycles. The van der Waals surface area contributed by atoms with Crippen LogP contribution in [0.4, 0.5) is 13.2 Å². The van der Waals surface area contributed by atoms with Gasteiger partial charge in [0.25, 0.3) is 0 Å². The first kappa shape index (κ1) is 14.1. The Labute approximate surface area is 106 Å². The van der Waals surface area contributed by atoms with Crippen LogP contribution in [0.15, 0.2) is 0 Å². The number of fused-ring (bicyclic) bond motifs is 1. The van der Waals surface area contributed by atoms with E-state index in [1.54, 1.807) is 0 Å². The smallest absolute Gasteiger partial charge is 0.471 e. The molecule has 2 saturated heterocycles. The van der Waals surface area contributed by atoms with Gasteiger partial charge < -0.3 is 10.0 Å². The van der Waals surface area contributed by atoms with E-state index in [0.717, 1.165) is 0 Å². The highest BCUT2D eigenvalue weighted by Gasteiger charge is 2.62. The summed E-state index contributed by atoms with van der Waals surface area (Å²) in [6.07, 6.45) is -5.09. The summed E-state index contributed by atoms with van der Waals surface area (Å²) >= 11 is 0. The lowest BCUT2D eigenvalue weighted by Crippen LogP contribution is -2.44. The van der Waals surface area contributed by atoms with E-state index in [1.165, 1.54) is 0 Å². The SMILES string of the molecule is O=C(N1C[C@H]2CS(=O)(=O)C[C@@]2(C(=O)O)C1)C(F)(F)F. The number of carboxylic acid groups (broad SMARTS) is 1. The van der Waals surface area contributed by atoms with E-state index < -0.39 is 63.8 Å². The third-order valence-electron chi connectivity index (χ3n) is 3.58. The van der Waals surface area contributed by atoms with E-state index in [9.17, 15) is 31.2 Å². The monoisotopic (exact) mass is 301 g/mol. The molecule has 0 aliphatic carbocycles. The fourth-order valence-electron chi connectivity index (χ4n) is 2.75. The molecule has 0 radical (unpaired) electrons. The van der Waals surface area contributed by atoms with Crippen molar-refractivity contribution >= 4 is 21.7 Å².